The summed E-state index contributed by atoms with van der Waals surface area (Å²) in [5.41, 5.74) is 3.00. The molecular formula is C31H28FN3O7S. The maximum absolute atomic E-state index is 15.1. The van der Waals surface area contributed by atoms with Gasteiger partial charge in [-0.1, -0.05) is 30.3 Å². The van der Waals surface area contributed by atoms with Crippen LogP contribution in [0.1, 0.15) is 29.7 Å². The Morgan fingerprint density at radius 2 is 1.91 bits per heavy atom. The van der Waals surface area contributed by atoms with Gasteiger partial charge in [0.15, 0.2) is 21.4 Å². The van der Waals surface area contributed by atoms with Crippen LogP contribution in [0.25, 0.3) is 22.3 Å². The quantitative estimate of drug-likeness (QED) is 0.199. The molecule has 1 aliphatic rings. The average molecular weight is 606 g/mol. The SMILES string of the molecule is CS(=O)(=O)c1c(Oc2cccc(-c3ncc(C4(c5cccc(CCC(=O)O)c5)OCCCO4)[nH]3)c2)c(F)cc2[nH]ccc12. The molecule has 0 unspecified atom stereocenters. The van der Waals surface area contributed by atoms with Gasteiger partial charge in [0.05, 0.1) is 19.4 Å². The topological polar surface area (TPSA) is 144 Å². The number of aryl methyl sites for hydroxylation is 1. The van der Waals surface area contributed by atoms with E-state index in [9.17, 15) is 13.2 Å². The Balaban J connectivity index is 1.34. The van der Waals surface area contributed by atoms with Gasteiger partial charge in [-0.25, -0.2) is 17.8 Å². The number of carboxylic acids is 1. The van der Waals surface area contributed by atoms with Gasteiger partial charge < -0.3 is 29.3 Å². The molecule has 3 aromatic carbocycles. The van der Waals surface area contributed by atoms with E-state index in [4.69, 9.17) is 19.3 Å². The van der Waals surface area contributed by atoms with Crippen molar-refractivity contribution in [1.82, 2.24) is 15.0 Å². The largest absolute Gasteiger partial charge is 0.481 e. The number of imidazole rings is 1. The lowest BCUT2D eigenvalue weighted by atomic mass is 9.97. The summed E-state index contributed by atoms with van der Waals surface area (Å²) in [6, 6.07) is 16.9. The van der Waals surface area contributed by atoms with Crippen LogP contribution in [0.2, 0.25) is 0 Å². The normalized spacial score (nSPS) is 15.0. The summed E-state index contributed by atoms with van der Waals surface area (Å²) in [4.78, 5) is 21.5. The highest BCUT2D eigenvalue weighted by Gasteiger charge is 2.41. The molecule has 12 heteroatoms. The number of fused-ring (bicyclic) bond motifs is 1. The second-order valence-corrected chi connectivity index (χ2v) is 12.2. The van der Waals surface area contributed by atoms with Gasteiger partial charge in [-0.3, -0.25) is 4.79 Å². The zero-order chi connectivity index (χ0) is 30.2. The van der Waals surface area contributed by atoms with Gasteiger partial charge in [0.1, 0.15) is 22.2 Å². The van der Waals surface area contributed by atoms with E-state index in [1.807, 2.05) is 24.3 Å². The number of nitrogens with zero attached hydrogens (tertiary/aromatic N) is 1. The van der Waals surface area contributed by atoms with Gasteiger partial charge in [0.25, 0.3) is 0 Å². The van der Waals surface area contributed by atoms with Crippen LogP contribution in [0.5, 0.6) is 11.5 Å². The molecule has 3 N–H and O–H groups in total. The number of carboxylic acid groups (broad SMARTS) is 1. The molecule has 0 spiro atoms. The van der Waals surface area contributed by atoms with Crippen molar-refractivity contribution in [2.75, 3.05) is 19.5 Å². The van der Waals surface area contributed by atoms with E-state index in [0.29, 0.717) is 59.6 Å². The van der Waals surface area contributed by atoms with Crippen molar-refractivity contribution in [3.05, 3.63) is 95.7 Å². The Morgan fingerprint density at radius 1 is 1.12 bits per heavy atom. The average Bonchev–Trinajstić information content (AvgIpc) is 3.67. The monoisotopic (exact) mass is 605 g/mol. The second kappa shape index (κ2) is 11.3. The van der Waals surface area contributed by atoms with Crippen LogP contribution in [0.3, 0.4) is 0 Å². The van der Waals surface area contributed by atoms with Crippen molar-refractivity contribution in [2.45, 2.75) is 29.9 Å². The predicted octanol–water partition coefficient (Wildman–Crippen LogP) is 5.55. The van der Waals surface area contributed by atoms with Crippen LogP contribution in [-0.2, 0) is 36.3 Å². The number of rotatable bonds is 9. The van der Waals surface area contributed by atoms with Gasteiger partial charge in [-0.05, 0) is 42.7 Å². The van der Waals surface area contributed by atoms with Crippen molar-refractivity contribution >= 4 is 26.7 Å². The minimum absolute atomic E-state index is 0.000586. The number of aromatic nitrogens is 3. The highest BCUT2D eigenvalue weighted by molar-refractivity contribution is 7.91. The number of H-pyrrole nitrogens is 2. The standard InChI is InChI=1S/C31H28FN3O7S/c1-43(38,39)29-23-11-12-33-25(23)17-24(32)28(29)42-22-8-3-6-20(16-22)30-34-18-26(35-30)31(40-13-4-14-41-31)21-7-2-5-19(15-21)9-10-27(36)37/h2-3,5-8,11-12,15-18,33H,4,9-10,13-14H2,1H3,(H,34,35)(H,36,37). The molecule has 0 amide bonds. The molecule has 1 saturated heterocycles. The van der Waals surface area contributed by atoms with Crippen LogP contribution in [0.15, 0.2) is 78.0 Å². The molecule has 0 bridgehead atoms. The number of halogens is 1. The van der Waals surface area contributed by atoms with E-state index >= 15 is 4.39 Å². The predicted molar refractivity (Wildman–Crippen MR) is 155 cm³/mol. The number of aromatic amines is 2. The lowest BCUT2D eigenvalue weighted by molar-refractivity contribution is -0.251. The van der Waals surface area contributed by atoms with Crippen molar-refractivity contribution in [3.63, 3.8) is 0 Å². The van der Waals surface area contributed by atoms with Crippen LogP contribution in [-0.4, -0.2) is 53.9 Å². The number of sulfone groups is 1. The third kappa shape index (κ3) is 5.64. The molecule has 43 heavy (non-hydrogen) atoms. The van der Waals surface area contributed by atoms with Gasteiger partial charge in [0.2, 0.25) is 5.79 Å². The maximum atomic E-state index is 15.1. The molecule has 222 valence electrons. The van der Waals surface area contributed by atoms with E-state index in [-0.39, 0.29) is 17.1 Å². The Bertz CT molecular complexity index is 1930. The first-order chi connectivity index (χ1) is 20.6. The summed E-state index contributed by atoms with van der Waals surface area (Å²) in [5.74, 6) is -2.71. The van der Waals surface area contributed by atoms with Crippen molar-refractivity contribution in [3.8, 4) is 22.9 Å². The minimum atomic E-state index is -3.85. The molecule has 10 nitrogen and oxygen atoms in total. The summed E-state index contributed by atoms with van der Waals surface area (Å²) in [7, 11) is -3.85. The lowest BCUT2D eigenvalue weighted by Crippen LogP contribution is -2.39. The van der Waals surface area contributed by atoms with Gasteiger partial charge in [0, 0.05) is 47.0 Å². The molecule has 1 aliphatic heterocycles. The van der Waals surface area contributed by atoms with Crippen molar-refractivity contribution in [2.24, 2.45) is 0 Å². The number of benzene rings is 3. The summed E-state index contributed by atoms with van der Waals surface area (Å²) in [5, 5.41) is 9.44. The van der Waals surface area contributed by atoms with E-state index in [1.54, 1.807) is 36.5 Å². The summed E-state index contributed by atoms with van der Waals surface area (Å²) < 4.78 is 58.8. The molecule has 0 atom stereocenters. The fourth-order valence-corrected chi connectivity index (χ4v) is 6.29. The van der Waals surface area contributed by atoms with Crippen LogP contribution in [0, 0.1) is 5.82 Å². The third-order valence-corrected chi connectivity index (χ3v) is 8.33. The minimum Gasteiger partial charge on any atom is -0.481 e. The highest BCUT2D eigenvalue weighted by Crippen LogP contribution is 2.40. The van der Waals surface area contributed by atoms with E-state index in [1.165, 1.54) is 12.3 Å². The molecule has 5 aromatic rings. The number of aliphatic carboxylic acids is 1. The summed E-state index contributed by atoms with van der Waals surface area (Å²) in [6.45, 7) is 0.882. The van der Waals surface area contributed by atoms with Crippen LogP contribution in [0.4, 0.5) is 4.39 Å². The molecule has 0 saturated carbocycles. The molecule has 0 aliphatic carbocycles. The molecule has 6 rings (SSSR count). The maximum Gasteiger partial charge on any atom is 0.303 e. The zero-order valence-electron chi connectivity index (χ0n) is 23.1. The number of hydrogen-bond acceptors (Lipinski definition) is 7. The Hall–Kier alpha value is -4.52. The number of hydrogen-bond donors (Lipinski definition) is 3. The van der Waals surface area contributed by atoms with E-state index < -0.39 is 33.2 Å². The Kier molecular flexibility index (Phi) is 7.50. The van der Waals surface area contributed by atoms with Gasteiger partial charge in [-0.15, -0.1) is 0 Å². The first kappa shape index (κ1) is 28.6. The smallest absolute Gasteiger partial charge is 0.303 e. The highest BCUT2D eigenvalue weighted by atomic mass is 32.2. The lowest BCUT2D eigenvalue weighted by Gasteiger charge is -2.36. The third-order valence-electron chi connectivity index (χ3n) is 7.18. The van der Waals surface area contributed by atoms with Gasteiger partial charge in [-0.2, -0.15) is 0 Å². The number of carbonyl (C=O) groups is 1. The summed E-state index contributed by atoms with van der Waals surface area (Å²) in [6.07, 6.45) is 5.23. The first-order valence-corrected chi connectivity index (χ1v) is 15.5. The molecule has 2 aromatic heterocycles. The summed E-state index contributed by atoms with van der Waals surface area (Å²) >= 11 is 0. The first-order valence-electron chi connectivity index (χ1n) is 13.6. The Morgan fingerprint density at radius 3 is 2.67 bits per heavy atom. The van der Waals surface area contributed by atoms with Crippen LogP contribution >= 0.6 is 0 Å². The molecule has 3 heterocycles. The van der Waals surface area contributed by atoms with Crippen molar-refractivity contribution < 1.29 is 36.9 Å². The van der Waals surface area contributed by atoms with E-state index in [2.05, 4.69) is 15.0 Å². The van der Waals surface area contributed by atoms with E-state index in [0.717, 1.165) is 11.8 Å². The fraction of sp³-hybridized carbons (Fsp3) is 0.226. The zero-order valence-corrected chi connectivity index (χ0v) is 23.9. The van der Waals surface area contributed by atoms with Crippen molar-refractivity contribution in [1.29, 1.82) is 0 Å². The molecule has 0 radical (unpaired) electrons. The molecule has 1 fully saturated rings. The fourth-order valence-electron chi connectivity index (χ4n) is 5.24. The number of nitrogens with one attached hydrogen (secondary N) is 2. The molecular weight excluding hydrogens is 577 g/mol. The van der Waals surface area contributed by atoms with Crippen LogP contribution < -0.4 is 4.74 Å². The van der Waals surface area contributed by atoms with Gasteiger partial charge >= 0.3 is 5.97 Å². The second-order valence-electron chi connectivity index (χ2n) is 10.3. The number of ether oxygens (including phenoxy) is 3. The Labute approximate surface area is 246 Å².